The number of pyridine rings is 1. The molecule has 1 atom stereocenters. The van der Waals surface area contributed by atoms with E-state index in [0.29, 0.717) is 38.3 Å². The molecule has 35 heavy (non-hydrogen) atoms. The van der Waals surface area contributed by atoms with Crippen LogP contribution in [0.4, 0.5) is 11.5 Å². The van der Waals surface area contributed by atoms with Crippen LogP contribution in [0.2, 0.25) is 0 Å². The van der Waals surface area contributed by atoms with E-state index in [0.717, 1.165) is 34.1 Å². The molecule has 0 bridgehead atoms. The Labute approximate surface area is 208 Å². The first-order valence-electron chi connectivity index (χ1n) is 11.4. The highest BCUT2D eigenvalue weighted by Gasteiger charge is 2.32. The van der Waals surface area contributed by atoms with Gasteiger partial charge in [-0.2, -0.15) is 0 Å². The molecule has 8 nitrogen and oxygen atoms in total. The smallest absolute Gasteiger partial charge is 0.338 e. The predicted molar refractivity (Wildman–Crippen MR) is 140 cm³/mol. The summed E-state index contributed by atoms with van der Waals surface area (Å²) in [6, 6.07) is 18.2. The van der Waals surface area contributed by atoms with Gasteiger partial charge in [-0.15, -0.1) is 12.4 Å². The quantitative estimate of drug-likeness (QED) is 0.295. The van der Waals surface area contributed by atoms with Crippen LogP contribution in [0.5, 0.6) is 0 Å². The lowest BCUT2D eigenvalue weighted by atomic mass is 10.1. The van der Waals surface area contributed by atoms with Gasteiger partial charge >= 0.3 is 11.6 Å². The molecule has 9 heteroatoms. The maximum atomic E-state index is 12.1. The molecule has 5 rings (SSSR count). The molecule has 4 aromatic rings. The van der Waals surface area contributed by atoms with Gasteiger partial charge in [0.15, 0.2) is 0 Å². The lowest BCUT2D eigenvalue weighted by Gasteiger charge is -2.40. The van der Waals surface area contributed by atoms with Gasteiger partial charge in [-0.05, 0) is 30.0 Å². The second kappa shape index (κ2) is 10.8. The van der Waals surface area contributed by atoms with Crippen LogP contribution in [0.25, 0.3) is 21.7 Å². The highest BCUT2D eigenvalue weighted by molar-refractivity contribution is 5.92. The number of aliphatic carboxylic acids is 1. The van der Waals surface area contributed by atoms with Gasteiger partial charge in [0.1, 0.15) is 17.4 Å². The number of rotatable bonds is 7. The van der Waals surface area contributed by atoms with E-state index in [9.17, 15) is 14.7 Å². The van der Waals surface area contributed by atoms with Crippen molar-refractivity contribution in [1.82, 2.24) is 9.88 Å². The molecule has 1 aliphatic heterocycles. The van der Waals surface area contributed by atoms with E-state index >= 15 is 0 Å². The number of nitrogens with zero attached hydrogens (tertiary/aromatic N) is 3. The number of benzene rings is 2. The van der Waals surface area contributed by atoms with Crippen LogP contribution in [-0.2, 0) is 4.79 Å². The van der Waals surface area contributed by atoms with Gasteiger partial charge in [0.05, 0.1) is 5.69 Å². The summed E-state index contributed by atoms with van der Waals surface area (Å²) in [6.07, 6.45) is 2.52. The number of carbonyl (C=O) groups is 1. The van der Waals surface area contributed by atoms with Gasteiger partial charge in [0.25, 0.3) is 0 Å². The predicted octanol–water partition coefficient (Wildman–Crippen LogP) is 3.84. The molecule has 2 aromatic heterocycles. The SMILES string of the molecule is Cl.O=C(O)C1CN(c2nccc3ccccc23)CCN1CCCNc1cc(=O)oc2ccccc12. The summed E-state index contributed by atoms with van der Waals surface area (Å²) in [4.78, 5) is 32.6. The maximum Gasteiger partial charge on any atom is 0.338 e. The van der Waals surface area contributed by atoms with E-state index in [1.54, 1.807) is 12.3 Å². The Balaban J connectivity index is 0.00000289. The number of hydrogen-bond donors (Lipinski definition) is 2. The third-order valence-corrected chi connectivity index (χ3v) is 6.32. The maximum absolute atomic E-state index is 12.1. The van der Waals surface area contributed by atoms with E-state index in [2.05, 4.69) is 15.2 Å². The Bertz CT molecular complexity index is 1390. The molecule has 2 aromatic carbocycles. The van der Waals surface area contributed by atoms with Crippen molar-refractivity contribution in [2.75, 3.05) is 42.9 Å². The molecule has 1 fully saturated rings. The monoisotopic (exact) mass is 494 g/mol. The van der Waals surface area contributed by atoms with Crippen molar-refractivity contribution in [3.8, 4) is 0 Å². The number of carboxylic acids is 1. The lowest BCUT2D eigenvalue weighted by Crippen LogP contribution is -2.57. The summed E-state index contributed by atoms with van der Waals surface area (Å²) in [5.74, 6) is 0.00464. The Morgan fingerprint density at radius 2 is 1.86 bits per heavy atom. The van der Waals surface area contributed by atoms with E-state index in [4.69, 9.17) is 4.42 Å². The molecule has 1 aliphatic rings. The van der Waals surface area contributed by atoms with Gasteiger partial charge in [-0.1, -0.05) is 36.4 Å². The van der Waals surface area contributed by atoms with Crippen LogP contribution in [-0.4, -0.2) is 59.7 Å². The van der Waals surface area contributed by atoms with Crippen molar-refractivity contribution in [2.45, 2.75) is 12.5 Å². The third-order valence-electron chi connectivity index (χ3n) is 6.32. The molecule has 1 unspecified atom stereocenters. The first kappa shape index (κ1) is 24.5. The fourth-order valence-corrected chi connectivity index (χ4v) is 4.63. The Hall–Kier alpha value is -3.62. The number of anilines is 2. The number of fused-ring (bicyclic) bond motifs is 2. The van der Waals surface area contributed by atoms with Crippen molar-refractivity contribution in [1.29, 1.82) is 0 Å². The van der Waals surface area contributed by atoms with Crippen LogP contribution in [0.15, 0.2) is 76.1 Å². The Morgan fingerprint density at radius 1 is 1.09 bits per heavy atom. The number of aromatic nitrogens is 1. The number of nitrogens with one attached hydrogen (secondary N) is 1. The Morgan fingerprint density at radius 3 is 2.69 bits per heavy atom. The number of para-hydroxylation sites is 1. The molecule has 0 saturated carbocycles. The normalized spacial score (nSPS) is 16.2. The van der Waals surface area contributed by atoms with Gasteiger partial charge in [-0.3, -0.25) is 9.69 Å². The summed E-state index contributed by atoms with van der Waals surface area (Å²) in [7, 11) is 0. The van der Waals surface area contributed by atoms with E-state index < -0.39 is 17.6 Å². The topological polar surface area (TPSA) is 98.9 Å². The molecule has 3 heterocycles. The summed E-state index contributed by atoms with van der Waals surface area (Å²) >= 11 is 0. The molecular weight excluding hydrogens is 468 g/mol. The van der Waals surface area contributed by atoms with Crippen LogP contribution in [0.1, 0.15) is 6.42 Å². The number of hydrogen-bond acceptors (Lipinski definition) is 7. The standard InChI is InChI=1S/C26H26N4O4.ClH/c31-24-16-21(20-8-3-4-9-23(20)34-24)27-11-5-13-29-14-15-30(17-22(29)26(32)33)25-19-7-2-1-6-18(19)10-12-28-25;/h1-4,6-10,12,16,22,27H,5,11,13-15,17H2,(H,32,33);1H. The highest BCUT2D eigenvalue weighted by Crippen LogP contribution is 2.26. The summed E-state index contributed by atoms with van der Waals surface area (Å²) in [5, 5.41) is 16.2. The number of piperazine rings is 1. The number of halogens is 1. The van der Waals surface area contributed by atoms with Crippen LogP contribution >= 0.6 is 12.4 Å². The van der Waals surface area contributed by atoms with Crippen LogP contribution in [0.3, 0.4) is 0 Å². The minimum atomic E-state index is -0.829. The molecule has 1 saturated heterocycles. The van der Waals surface area contributed by atoms with E-state index in [1.807, 2.05) is 53.4 Å². The van der Waals surface area contributed by atoms with E-state index in [-0.39, 0.29) is 12.4 Å². The molecule has 2 N–H and O–H groups in total. The van der Waals surface area contributed by atoms with Crippen molar-refractivity contribution < 1.29 is 14.3 Å². The molecular formula is C26H27ClN4O4. The van der Waals surface area contributed by atoms with Crippen molar-refractivity contribution in [2.24, 2.45) is 0 Å². The summed E-state index contributed by atoms with van der Waals surface area (Å²) in [5.41, 5.74) is 0.875. The van der Waals surface area contributed by atoms with Crippen molar-refractivity contribution in [3.05, 3.63) is 77.3 Å². The minimum Gasteiger partial charge on any atom is -0.480 e. The second-order valence-electron chi connectivity index (χ2n) is 8.45. The fraction of sp³-hybridized carbons (Fsp3) is 0.269. The minimum absolute atomic E-state index is 0. The van der Waals surface area contributed by atoms with Crippen molar-refractivity contribution in [3.63, 3.8) is 0 Å². The van der Waals surface area contributed by atoms with Crippen LogP contribution in [0, 0.1) is 0 Å². The zero-order chi connectivity index (χ0) is 23.5. The third kappa shape index (κ3) is 5.23. The van der Waals surface area contributed by atoms with Gasteiger partial charge in [-0.25, -0.2) is 9.78 Å². The average Bonchev–Trinajstić information content (AvgIpc) is 2.86. The van der Waals surface area contributed by atoms with Gasteiger partial charge < -0.3 is 19.7 Å². The highest BCUT2D eigenvalue weighted by atomic mass is 35.5. The first-order valence-corrected chi connectivity index (χ1v) is 11.4. The average molecular weight is 495 g/mol. The molecule has 0 spiro atoms. The van der Waals surface area contributed by atoms with Gasteiger partial charge in [0.2, 0.25) is 0 Å². The zero-order valence-electron chi connectivity index (χ0n) is 19.1. The van der Waals surface area contributed by atoms with Crippen LogP contribution < -0.4 is 15.8 Å². The molecule has 0 radical (unpaired) electrons. The summed E-state index contributed by atoms with van der Waals surface area (Å²) < 4.78 is 5.24. The largest absolute Gasteiger partial charge is 0.480 e. The summed E-state index contributed by atoms with van der Waals surface area (Å²) in [6.45, 7) is 2.99. The number of carboxylic acid groups (broad SMARTS) is 1. The fourth-order valence-electron chi connectivity index (χ4n) is 4.63. The zero-order valence-corrected chi connectivity index (χ0v) is 19.9. The second-order valence-corrected chi connectivity index (χ2v) is 8.45. The molecule has 0 amide bonds. The molecule has 0 aliphatic carbocycles. The van der Waals surface area contributed by atoms with Crippen molar-refractivity contribution >= 4 is 51.6 Å². The lowest BCUT2D eigenvalue weighted by molar-refractivity contribution is -0.143. The first-order chi connectivity index (χ1) is 16.6. The van der Waals surface area contributed by atoms with E-state index in [1.165, 1.54) is 6.07 Å². The molecule has 182 valence electrons. The Kier molecular flexibility index (Phi) is 7.53. The van der Waals surface area contributed by atoms with Gasteiger partial charge in [0, 0.05) is 55.8 Å².